The van der Waals surface area contributed by atoms with Crippen LogP contribution in [0.4, 0.5) is 5.69 Å². The van der Waals surface area contributed by atoms with Gasteiger partial charge in [-0.25, -0.2) is 0 Å². The molecular formula is C11H15BrN2O2. The molecular weight excluding hydrogens is 272 g/mol. The van der Waals surface area contributed by atoms with E-state index in [2.05, 4.69) is 21.2 Å². The monoisotopic (exact) mass is 286 g/mol. The summed E-state index contributed by atoms with van der Waals surface area (Å²) in [6.07, 6.45) is 0. The van der Waals surface area contributed by atoms with E-state index >= 15 is 0 Å². The van der Waals surface area contributed by atoms with E-state index in [0.29, 0.717) is 0 Å². The van der Waals surface area contributed by atoms with Gasteiger partial charge in [0.2, 0.25) is 5.91 Å². The van der Waals surface area contributed by atoms with E-state index in [0.717, 1.165) is 15.7 Å². The molecule has 3 N–H and O–H groups in total. The molecule has 1 atom stereocenters. The number of amides is 1. The van der Waals surface area contributed by atoms with E-state index in [1.165, 1.54) is 7.11 Å². The van der Waals surface area contributed by atoms with Crippen LogP contribution in [0.25, 0.3) is 0 Å². The molecule has 16 heavy (non-hydrogen) atoms. The van der Waals surface area contributed by atoms with Gasteiger partial charge in [0.05, 0.1) is 6.61 Å². The Morgan fingerprint density at radius 1 is 1.62 bits per heavy atom. The average molecular weight is 287 g/mol. The lowest BCUT2D eigenvalue weighted by atomic mass is 10.2. The number of methoxy groups -OCH3 is 1. The van der Waals surface area contributed by atoms with Crippen molar-refractivity contribution in [3.63, 3.8) is 0 Å². The van der Waals surface area contributed by atoms with Crippen LogP contribution in [0.15, 0.2) is 22.7 Å². The maximum atomic E-state index is 11.6. The van der Waals surface area contributed by atoms with Crippen molar-refractivity contribution in [2.75, 3.05) is 19.0 Å². The van der Waals surface area contributed by atoms with Crippen LogP contribution in [0.5, 0.6) is 0 Å². The van der Waals surface area contributed by atoms with Gasteiger partial charge in [0.15, 0.2) is 0 Å². The molecule has 5 heteroatoms. The van der Waals surface area contributed by atoms with Crippen molar-refractivity contribution in [1.82, 2.24) is 0 Å². The van der Waals surface area contributed by atoms with Gasteiger partial charge in [0.1, 0.15) is 6.04 Å². The summed E-state index contributed by atoms with van der Waals surface area (Å²) in [6.45, 7) is 2.13. The first kappa shape index (κ1) is 13.2. The highest BCUT2D eigenvalue weighted by Crippen LogP contribution is 2.19. The van der Waals surface area contributed by atoms with Crippen LogP contribution in [0.2, 0.25) is 0 Å². The highest BCUT2D eigenvalue weighted by atomic mass is 79.9. The van der Waals surface area contributed by atoms with Gasteiger partial charge in [-0.05, 0) is 30.7 Å². The van der Waals surface area contributed by atoms with Crippen molar-refractivity contribution in [1.29, 1.82) is 0 Å². The second-order valence-corrected chi connectivity index (χ2v) is 4.43. The molecule has 1 aromatic carbocycles. The molecule has 0 saturated heterocycles. The number of carbonyl (C=O) groups is 1. The minimum atomic E-state index is -0.645. The first-order valence-electron chi connectivity index (χ1n) is 4.86. The maximum absolute atomic E-state index is 11.6. The molecule has 0 aliphatic rings. The third-order valence-electron chi connectivity index (χ3n) is 2.13. The van der Waals surface area contributed by atoms with Gasteiger partial charge < -0.3 is 15.8 Å². The van der Waals surface area contributed by atoms with Crippen LogP contribution >= 0.6 is 15.9 Å². The molecule has 0 saturated carbocycles. The van der Waals surface area contributed by atoms with Crippen LogP contribution in [-0.4, -0.2) is 25.7 Å². The van der Waals surface area contributed by atoms with Crippen molar-refractivity contribution in [2.45, 2.75) is 13.0 Å². The molecule has 1 rings (SSSR count). The number of rotatable bonds is 4. The van der Waals surface area contributed by atoms with Crippen LogP contribution in [0.1, 0.15) is 5.56 Å². The highest BCUT2D eigenvalue weighted by Gasteiger charge is 2.13. The predicted octanol–water partition coefficient (Wildman–Crippen LogP) is 1.67. The Kier molecular flexibility index (Phi) is 4.92. The number of benzene rings is 1. The first-order chi connectivity index (χ1) is 7.54. The number of ether oxygens (including phenoxy) is 1. The summed E-state index contributed by atoms with van der Waals surface area (Å²) in [7, 11) is 1.51. The smallest absolute Gasteiger partial charge is 0.243 e. The minimum absolute atomic E-state index is 0.210. The molecule has 0 aromatic heterocycles. The molecule has 0 fully saturated rings. The largest absolute Gasteiger partial charge is 0.383 e. The fraction of sp³-hybridized carbons (Fsp3) is 0.364. The normalized spacial score (nSPS) is 12.2. The number of halogens is 1. The Labute approximate surface area is 103 Å². The molecule has 1 unspecified atom stereocenters. The maximum Gasteiger partial charge on any atom is 0.243 e. The fourth-order valence-corrected chi connectivity index (χ4v) is 1.72. The number of nitrogens with one attached hydrogen (secondary N) is 1. The molecule has 0 radical (unpaired) electrons. The van der Waals surface area contributed by atoms with Gasteiger partial charge >= 0.3 is 0 Å². The molecule has 1 amide bonds. The van der Waals surface area contributed by atoms with E-state index in [1.807, 2.05) is 25.1 Å². The van der Waals surface area contributed by atoms with Crippen molar-refractivity contribution >= 4 is 27.5 Å². The molecule has 0 bridgehead atoms. The quantitative estimate of drug-likeness (QED) is 0.885. The second-order valence-electron chi connectivity index (χ2n) is 3.51. The van der Waals surface area contributed by atoms with Crippen LogP contribution in [-0.2, 0) is 9.53 Å². The lowest BCUT2D eigenvalue weighted by Crippen LogP contribution is -2.39. The Morgan fingerprint density at radius 2 is 2.31 bits per heavy atom. The zero-order chi connectivity index (χ0) is 12.1. The SMILES string of the molecule is COCC(N)C(=O)Nc1ccc(Br)cc1C. The standard InChI is InChI=1S/C11H15BrN2O2/c1-7-5-8(12)3-4-10(7)14-11(15)9(13)6-16-2/h3-5,9H,6,13H2,1-2H3,(H,14,15). The van der Waals surface area contributed by atoms with E-state index in [4.69, 9.17) is 10.5 Å². The summed E-state index contributed by atoms with van der Waals surface area (Å²) in [5.74, 6) is -0.243. The van der Waals surface area contributed by atoms with Gasteiger partial charge in [0, 0.05) is 17.3 Å². The van der Waals surface area contributed by atoms with Crippen molar-refractivity contribution in [3.8, 4) is 0 Å². The number of anilines is 1. The number of nitrogens with two attached hydrogens (primary N) is 1. The van der Waals surface area contributed by atoms with Gasteiger partial charge in [-0.15, -0.1) is 0 Å². The highest BCUT2D eigenvalue weighted by molar-refractivity contribution is 9.10. The molecule has 88 valence electrons. The van der Waals surface area contributed by atoms with E-state index in [-0.39, 0.29) is 12.5 Å². The van der Waals surface area contributed by atoms with Gasteiger partial charge in [-0.1, -0.05) is 15.9 Å². The molecule has 4 nitrogen and oxygen atoms in total. The Morgan fingerprint density at radius 3 is 2.88 bits per heavy atom. The molecule has 0 aliphatic heterocycles. The van der Waals surface area contributed by atoms with Crippen molar-refractivity contribution < 1.29 is 9.53 Å². The third-order valence-corrected chi connectivity index (χ3v) is 2.62. The zero-order valence-corrected chi connectivity index (χ0v) is 10.9. The predicted molar refractivity (Wildman–Crippen MR) is 67.4 cm³/mol. The Balaban J connectivity index is 2.69. The zero-order valence-electron chi connectivity index (χ0n) is 9.29. The van der Waals surface area contributed by atoms with Gasteiger partial charge in [-0.2, -0.15) is 0 Å². The van der Waals surface area contributed by atoms with Crippen molar-refractivity contribution in [3.05, 3.63) is 28.2 Å². The second kappa shape index (κ2) is 5.98. The Hall–Kier alpha value is -0.910. The van der Waals surface area contributed by atoms with Crippen LogP contribution < -0.4 is 11.1 Å². The summed E-state index contributed by atoms with van der Waals surface area (Å²) in [4.78, 5) is 11.6. The lowest BCUT2D eigenvalue weighted by molar-refractivity contribution is -0.118. The number of hydrogen-bond donors (Lipinski definition) is 2. The lowest BCUT2D eigenvalue weighted by Gasteiger charge is -2.13. The summed E-state index contributed by atoms with van der Waals surface area (Å²) in [6, 6.07) is 4.98. The molecule has 0 aliphatic carbocycles. The van der Waals surface area contributed by atoms with E-state index in [1.54, 1.807) is 0 Å². The summed E-state index contributed by atoms with van der Waals surface area (Å²) < 4.78 is 5.79. The summed E-state index contributed by atoms with van der Waals surface area (Å²) in [5.41, 5.74) is 7.35. The molecule has 0 spiro atoms. The van der Waals surface area contributed by atoms with Crippen LogP contribution in [0, 0.1) is 6.92 Å². The third kappa shape index (κ3) is 3.59. The summed E-state index contributed by atoms with van der Waals surface area (Å²) >= 11 is 3.36. The Bertz CT molecular complexity index is 382. The van der Waals surface area contributed by atoms with E-state index < -0.39 is 6.04 Å². The number of hydrogen-bond acceptors (Lipinski definition) is 3. The molecule has 1 aromatic rings. The minimum Gasteiger partial charge on any atom is -0.383 e. The summed E-state index contributed by atoms with van der Waals surface area (Å²) in [5, 5.41) is 2.76. The van der Waals surface area contributed by atoms with Gasteiger partial charge in [0.25, 0.3) is 0 Å². The van der Waals surface area contributed by atoms with E-state index in [9.17, 15) is 4.79 Å². The number of carbonyl (C=O) groups excluding carboxylic acids is 1. The van der Waals surface area contributed by atoms with Crippen LogP contribution in [0.3, 0.4) is 0 Å². The molecule has 0 heterocycles. The topological polar surface area (TPSA) is 64.3 Å². The first-order valence-corrected chi connectivity index (χ1v) is 5.65. The fourth-order valence-electron chi connectivity index (χ4n) is 1.25. The van der Waals surface area contributed by atoms with Gasteiger partial charge in [-0.3, -0.25) is 4.79 Å². The average Bonchev–Trinajstić information content (AvgIpc) is 2.22. The van der Waals surface area contributed by atoms with Crippen molar-refractivity contribution in [2.24, 2.45) is 5.73 Å². The number of aryl methyl sites for hydroxylation is 1.